The Morgan fingerprint density at radius 3 is 2.50 bits per heavy atom. The van der Waals surface area contributed by atoms with E-state index in [1.807, 2.05) is 11.9 Å². The molecule has 14 heavy (non-hydrogen) atoms. The molecular formula is C10H10N2O2. The predicted molar refractivity (Wildman–Crippen MR) is 55.2 cm³/mol. The van der Waals surface area contributed by atoms with Crippen molar-refractivity contribution >= 4 is 11.4 Å². The van der Waals surface area contributed by atoms with E-state index in [2.05, 4.69) is 5.92 Å². The molecule has 0 heterocycles. The summed E-state index contributed by atoms with van der Waals surface area (Å²) >= 11 is 0. The second-order valence-corrected chi connectivity index (χ2v) is 2.83. The summed E-state index contributed by atoms with van der Waals surface area (Å²) in [4.78, 5) is 11.8. The zero-order chi connectivity index (χ0) is 10.6. The van der Waals surface area contributed by atoms with Crippen LogP contribution >= 0.6 is 0 Å². The van der Waals surface area contributed by atoms with Crippen molar-refractivity contribution in [2.24, 2.45) is 0 Å². The number of rotatable bonds is 3. The summed E-state index contributed by atoms with van der Waals surface area (Å²) in [6.07, 6.45) is 5.15. The molecule has 0 bridgehead atoms. The molecule has 4 heteroatoms. The third kappa shape index (κ3) is 2.23. The molecule has 0 amide bonds. The van der Waals surface area contributed by atoms with Crippen LogP contribution in [-0.4, -0.2) is 18.5 Å². The van der Waals surface area contributed by atoms with Gasteiger partial charge in [0, 0.05) is 24.9 Å². The molecule has 0 aliphatic rings. The molecule has 1 rings (SSSR count). The van der Waals surface area contributed by atoms with E-state index < -0.39 is 4.92 Å². The molecule has 0 N–H and O–H groups in total. The highest BCUT2D eigenvalue weighted by Gasteiger charge is 2.05. The highest BCUT2D eigenvalue weighted by atomic mass is 16.6. The van der Waals surface area contributed by atoms with Gasteiger partial charge in [0.05, 0.1) is 11.5 Å². The van der Waals surface area contributed by atoms with Gasteiger partial charge in [-0.15, -0.1) is 6.42 Å². The summed E-state index contributed by atoms with van der Waals surface area (Å²) in [7, 11) is 1.83. The van der Waals surface area contributed by atoms with Gasteiger partial charge in [-0.3, -0.25) is 10.1 Å². The van der Waals surface area contributed by atoms with Gasteiger partial charge in [0.25, 0.3) is 5.69 Å². The number of nitro groups is 1. The minimum Gasteiger partial charge on any atom is -0.363 e. The lowest BCUT2D eigenvalue weighted by molar-refractivity contribution is -0.384. The Labute approximate surface area is 82.3 Å². The van der Waals surface area contributed by atoms with Gasteiger partial charge in [-0.05, 0) is 12.1 Å². The molecule has 0 unspecified atom stereocenters. The summed E-state index contributed by atoms with van der Waals surface area (Å²) in [5.74, 6) is 2.50. The Hall–Kier alpha value is -2.02. The first-order valence-corrected chi connectivity index (χ1v) is 4.04. The second kappa shape index (κ2) is 4.28. The Morgan fingerprint density at radius 2 is 2.07 bits per heavy atom. The van der Waals surface area contributed by atoms with Crippen molar-refractivity contribution in [1.29, 1.82) is 0 Å². The lowest BCUT2D eigenvalue weighted by atomic mass is 10.2. The van der Waals surface area contributed by atoms with Crippen LogP contribution < -0.4 is 4.90 Å². The molecule has 0 fully saturated rings. The molecule has 72 valence electrons. The minimum atomic E-state index is -0.426. The number of nitrogens with zero attached hydrogens (tertiary/aromatic N) is 2. The quantitative estimate of drug-likeness (QED) is 0.413. The number of anilines is 1. The molecule has 0 radical (unpaired) electrons. The standard InChI is InChI=1S/C10H10N2O2/c1-3-8-11(2)9-4-6-10(7-5-9)12(13)14/h1,4-7H,8H2,2H3. The van der Waals surface area contributed by atoms with E-state index >= 15 is 0 Å². The number of hydrogen-bond donors (Lipinski definition) is 0. The molecule has 0 saturated heterocycles. The van der Waals surface area contributed by atoms with Crippen LogP contribution in [0.15, 0.2) is 24.3 Å². The van der Waals surface area contributed by atoms with E-state index in [-0.39, 0.29) is 5.69 Å². The fourth-order valence-corrected chi connectivity index (χ4v) is 1.06. The van der Waals surface area contributed by atoms with Crippen LogP contribution in [0.4, 0.5) is 11.4 Å². The number of nitro benzene ring substituents is 1. The smallest absolute Gasteiger partial charge is 0.269 e. The normalized spacial score (nSPS) is 9.14. The monoisotopic (exact) mass is 190 g/mol. The summed E-state index contributed by atoms with van der Waals surface area (Å²) < 4.78 is 0. The second-order valence-electron chi connectivity index (χ2n) is 2.83. The lowest BCUT2D eigenvalue weighted by Crippen LogP contribution is -2.16. The van der Waals surface area contributed by atoms with Gasteiger partial charge in [0.15, 0.2) is 0 Å². The van der Waals surface area contributed by atoms with E-state index in [1.165, 1.54) is 12.1 Å². The molecule has 0 atom stereocenters. The SMILES string of the molecule is C#CCN(C)c1ccc([N+](=O)[O-])cc1. The predicted octanol–water partition coefficient (Wildman–Crippen LogP) is 1.66. The first-order chi connectivity index (χ1) is 6.65. The summed E-state index contributed by atoms with van der Waals surface area (Å²) in [5, 5.41) is 10.4. The zero-order valence-corrected chi connectivity index (χ0v) is 7.80. The van der Waals surface area contributed by atoms with Gasteiger partial charge >= 0.3 is 0 Å². The first kappa shape index (κ1) is 10.1. The van der Waals surface area contributed by atoms with Crippen molar-refractivity contribution in [2.45, 2.75) is 0 Å². The Morgan fingerprint density at radius 1 is 1.50 bits per heavy atom. The van der Waals surface area contributed by atoms with E-state index in [1.54, 1.807) is 12.1 Å². The van der Waals surface area contributed by atoms with Gasteiger partial charge in [-0.1, -0.05) is 5.92 Å². The van der Waals surface area contributed by atoms with Gasteiger partial charge < -0.3 is 4.90 Å². The lowest BCUT2D eigenvalue weighted by Gasteiger charge is -2.15. The van der Waals surface area contributed by atoms with Gasteiger partial charge in [-0.2, -0.15) is 0 Å². The van der Waals surface area contributed by atoms with Crippen LogP contribution in [0.5, 0.6) is 0 Å². The fraction of sp³-hybridized carbons (Fsp3) is 0.200. The van der Waals surface area contributed by atoms with E-state index in [9.17, 15) is 10.1 Å². The van der Waals surface area contributed by atoms with Gasteiger partial charge in [-0.25, -0.2) is 0 Å². The summed E-state index contributed by atoms with van der Waals surface area (Å²) in [5.41, 5.74) is 0.955. The van der Waals surface area contributed by atoms with Crippen molar-refractivity contribution in [3.05, 3.63) is 34.4 Å². The maximum atomic E-state index is 10.4. The fourth-order valence-electron chi connectivity index (χ4n) is 1.06. The van der Waals surface area contributed by atoms with Crippen molar-refractivity contribution in [1.82, 2.24) is 0 Å². The average molecular weight is 190 g/mol. The molecule has 1 aromatic carbocycles. The van der Waals surface area contributed by atoms with E-state index in [0.29, 0.717) is 6.54 Å². The number of benzene rings is 1. The molecule has 4 nitrogen and oxygen atoms in total. The van der Waals surface area contributed by atoms with E-state index in [0.717, 1.165) is 5.69 Å². The molecule has 0 aliphatic heterocycles. The van der Waals surface area contributed by atoms with Crippen LogP contribution in [0.1, 0.15) is 0 Å². The summed E-state index contributed by atoms with van der Waals surface area (Å²) in [6, 6.07) is 6.27. The molecule has 0 saturated carbocycles. The highest BCUT2D eigenvalue weighted by molar-refractivity contribution is 5.50. The third-order valence-electron chi connectivity index (χ3n) is 1.83. The van der Waals surface area contributed by atoms with Crippen LogP contribution in [0.2, 0.25) is 0 Å². The Kier molecular flexibility index (Phi) is 3.08. The number of hydrogen-bond acceptors (Lipinski definition) is 3. The summed E-state index contributed by atoms with van der Waals surface area (Å²) in [6.45, 7) is 0.484. The van der Waals surface area contributed by atoms with Crippen LogP contribution in [0, 0.1) is 22.5 Å². The van der Waals surface area contributed by atoms with E-state index in [4.69, 9.17) is 6.42 Å². The van der Waals surface area contributed by atoms with Crippen molar-refractivity contribution in [2.75, 3.05) is 18.5 Å². The van der Waals surface area contributed by atoms with Crippen LogP contribution in [0.3, 0.4) is 0 Å². The van der Waals surface area contributed by atoms with Crippen LogP contribution in [0.25, 0.3) is 0 Å². The van der Waals surface area contributed by atoms with Gasteiger partial charge in [0.1, 0.15) is 0 Å². The Balaban J connectivity index is 2.84. The third-order valence-corrected chi connectivity index (χ3v) is 1.83. The number of non-ortho nitro benzene ring substituents is 1. The minimum absolute atomic E-state index is 0.0860. The topological polar surface area (TPSA) is 46.4 Å². The largest absolute Gasteiger partial charge is 0.363 e. The van der Waals surface area contributed by atoms with Crippen molar-refractivity contribution < 1.29 is 4.92 Å². The Bertz CT molecular complexity index is 365. The number of terminal acetylenes is 1. The molecular weight excluding hydrogens is 180 g/mol. The molecule has 0 spiro atoms. The molecule has 0 aliphatic carbocycles. The maximum absolute atomic E-state index is 10.4. The van der Waals surface area contributed by atoms with Gasteiger partial charge in [0.2, 0.25) is 0 Å². The van der Waals surface area contributed by atoms with Crippen molar-refractivity contribution in [3.63, 3.8) is 0 Å². The van der Waals surface area contributed by atoms with Crippen LogP contribution in [-0.2, 0) is 0 Å². The first-order valence-electron chi connectivity index (χ1n) is 4.04. The maximum Gasteiger partial charge on any atom is 0.269 e. The highest BCUT2D eigenvalue weighted by Crippen LogP contribution is 2.17. The molecule has 0 aromatic heterocycles. The average Bonchev–Trinajstić information content (AvgIpc) is 2.18. The van der Waals surface area contributed by atoms with Crippen molar-refractivity contribution in [3.8, 4) is 12.3 Å². The molecule has 1 aromatic rings. The zero-order valence-electron chi connectivity index (χ0n) is 7.80.